The second kappa shape index (κ2) is 8.24. The van der Waals surface area contributed by atoms with Crippen LogP contribution in [0.5, 0.6) is 0 Å². The lowest BCUT2D eigenvalue weighted by Crippen LogP contribution is -2.31. The molecule has 2 aromatic heterocycles. The summed E-state index contributed by atoms with van der Waals surface area (Å²) < 4.78 is 0. The van der Waals surface area contributed by atoms with E-state index in [9.17, 15) is 14.7 Å². The van der Waals surface area contributed by atoms with Crippen molar-refractivity contribution in [2.24, 2.45) is 0 Å². The quantitative estimate of drug-likeness (QED) is 0.569. The number of aromatic nitrogens is 1. The smallest absolute Gasteiger partial charge is 0.290 e. The molecule has 1 aliphatic heterocycles. The van der Waals surface area contributed by atoms with Crippen LogP contribution in [0.15, 0.2) is 77.5 Å². The van der Waals surface area contributed by atoms with Crippen molar-refractivity contribution in [3.8, 4) is 0 Å². The number of thiophene rings is 1. The molecule has 3 aromatic rings. The predicted molar refractivity (Wildman–Crippen MR) is 116 cm³/mol. The molecular weight excluding hydrogens is 396 g/mol. The third-order valence-corrected chi connectivity index (χ3v) is 6.14. The lowest BCUT2D eigenvalue weighted by atomic mass is 9.93. The molecule has 1 amide bonds. The van der Waals surface area contributed by atoms with Gasteiger partial charge in [-0.2, -0.15) is 0 Å². The first-order valence-electron chi connectivity index (χ1n) is 9.79. The third kappa shape index (κ3) is 3.66. The second-order valence-corrected chi connectivity index (χ2v) is 8.49. The minimum atomic E-state index is -0.671. The van der Waals surface area contributed by atoms with E-state index in [4.69, 9.17) is 0 Å². The van der Waals surface area contributed by atoms with E-state index in [0.717, 1.165) is 5.56 Å². The van der Waals surface area contributed by atoms with Crippen LogP contribution in [0.1, 0.15) is 52.3 Å². The van der Waals surface area contributed by atoms with Crippen molar-refractivity contribution < 1.29 is 14.7 Å². The molecule has 0 radical (unpaired) electrons. The molecule has 1 N–H and O–H groups in total. The molecule has 0 spiro atoms. The number of rotatable bonds is 6. The van der Waals surface area contributed by atoms with E-state index in [0.29, 0.717) is 16.5 Å². The number of Topliss-reactive ketones (excluding diaryl/α,β-unsaturated/α-hetero) is 1. The normalized spacial score (nSPS) is 16.6. The highest BCUT2D eigenvalue weighted by molar-refractivity contribution is 7.12. The van der Waals surface area contributed by atoms with Gasteiger partial charge in [-0.05, 0) is 40.6 Å². The van der Waals surface area contributed by atoms with Crippen LogP contribution in [0.25, 0.3) is 0 Å². The highest BCUT2D eigenvalue weighted by Gasteiger charge is 2.44. The Hall–Kier alpha value is -3.25. The van der Waals surface area contributed by atoms with E-state index >= 15 is 0 Å². The number of carbonyl (C=O) groups excluding carboxylic acids is 2. The summed E-state index contributed by atoms with van der Waals surface area (Å²) in [6.45, 7) is 4.42. The molecule has 30 heavy (non-hydrogen) atoms. The van der Waals surface area contributed by atoms with Crippen LogP contribution < -0.4 is 0 Å². The van der Waals surface area contributed by atoms with Crippen LogP contribution in [-0.2, 0) is 11.3 Å². The molecule has 6 heteroatoms. The van der Waals surface area contributed by atoms with Gasteiger partial charge in [0.15, 0.2) is 5.76 Å². The van der Waals surface area contributed by atoms with Crippen molar-refractivity contribution in [2.75, 3.05) is 0 Å². The van der Waals surface area contributed by atoms with Gasteiger partial charge in [0.25, 0.3) is 5.91 Å². The fraction of sp³-hybridized carbons (Fsp3) is 0.208. The summed E-state index contributed by atoms with van der Waals surface area (Å²) in [4.78, 5) is 32.5. The Labute approximate surface area is 179 Å². The first kappa shape index (κ1) is 20.0. The summed E-state index contributed by atoms with van der Waals surface area (Å²) in [6, 6.07) is 16.2. The van der Waals surface area contributed by atoms with Crippen molar-refractivity contribution in [3.05, 3.63) is 99.2 Å². The Morgan fingerprint density at radius 1 is 1.13 bits per heavy atom. The van der Waals surface area contributed by atoms with E-state index in [1.807, 2.05) is 36.4 Å². The van der Waals surface area contributed by atoms with Gasteiger partial charge in [-0.25, -0.2) is 0 Å². The minimum absolute atomic E-state index is 0.121. The molecule has 1 aliphatic rings. The van der Waals surface area contributed by atoms with Crippen LogP contribution in [0, 0.1) is 0 Å². The van der Waals surface area contributed by atoms with Gasteiger partial charge in [-0.1, -0.05) is 50.2 Å². The van der Waals surface area contributed by atoms with Gasteiger partial charge in [-0.15, -0.1) is 11.3 Å². The number of pyridine rings is 1. The molecule has 0 aliphatic carbocycles. The second-order valence-electron chi connectivity index (χ2n) is 7.55. The summed E-state index contributed by atoms with van der Waals surface area (Å²) in [5.41, 5.74) is 2.76. The summed E-state index contributed by atoms with van der Waals surface area (Å²) in [5, 5.41) is 12.5. The monoisotopic (exact) mass is 418 g/mol. The molecule has 3 heterocycles. The highest BCUT2D eigenvalue weighted by Crippen LogP contribution is 2.40. The number of nitrogens with zero attached hydrogens (tertiary/aromatic N) is 2. The zero-order valence-electron chi connectivity index (χ0n) is 16.8. The number of benzene rings is 1. The summed E-state index contributed by atoms with van der Waals surface area (Å²) in [5.74, 6) is -0.997. The summed E-state index contributed by atoms with van der Waals surface area (Å²) >= 11 is 1.29. The largest absolute Gasteiger partial charge is 0.503 e. The molecule has 5 nitrogen and oxygen atoms in total. The predicted octanol–water partition coefficient (Wildman–Crippen LogP) is 5.05. The van der Waals surface area contributed by atoms with Crippen LogP contribution in [0.3, 0.4) is 0 Å². The zero-order valence-corrected chi connectivity index (χ0v) is 17.6. The van der Waals surface area contributed by atoms with Gasteiger partial charge in [0.05, 0.1) is 28.7 Å². The van der Waals surface area contributed by atoms with Gasteiger partial charge >= 0.3 is 0 Å². The lowest BCUT2D eigenvalue weighted by molar-refractivity contribution is -0.130. The molecule has 0 bridgehead atoms. The lowest BCUT2D eigenvalue weighted by Gasteiger charge is -2.26. The molecule has 1 unspecified atom stereocenters. The molecule has 1 aromatic carbocycles. The molecule has 152 valence electrons. The Balaban J connectivity index is 1.78. The number of amides is 1. The van der Waals surface area contributed by atoms with Crippen molar-refractivity contribution in [2.45, 2.75) is 32.4 Å². The first-order valence-corrected chi connectivity index (χ1v) is 10.7. The van der Waals surface area contributed by atoms with Gasteiger partial charge in [-0.3, -0.25) is 14.6 Å². The number of hydrogen-bond donors (Lipinski definition) is 1. The van der Waals surface area contributed by atoms with E-state index in [1.165, 1.54) is 21.8 Å². The van der Waals surface area contributed by atoms with Crippen LogP contribution >= 0.6 is 11.3 Å². The zero-order chi connectivity index (χ0) is 21.3. The van der Waals surface area contributed by atoms with Crippen molar-refractivity contribution in [1.82, 2.24) is 9.88 Å². The molecule has 0 saturated heterocycles. The molecule has 0 saturated carbocycles. The summed E-state index contributed by atoms with van der Waals surface area (Å²) in [7, 11) is 0. The van der Waals surface area contributed by atoms with Crippen LogP contribution in [0.4, 0.5) is 0 Å². The number of aliphatic hydroxyl groups excluding tert-OH is 1. The van der Waals surface area contributed by atoms with E-state index in [1.54, 1.807) is 29.8 Å². The number of aliphatic hydroxyl groups is 1. The minimum Gasteiger partial charge on any atom is -0.503 e. The van der Waals surface area contributed by atoms with E-state index < -0.39 is 17.7 Å². The third-order valence-electron chi connectivity index (χ3n) is 5.27. The number of carbonyl (C=O) groups is 2. The van der Waals surface area contributed by atoms with Gasteiger partial charge < -0.3 is 10.0 Å². The molecule has 0 fully saturated rings. The molecule has 4 rings (SSSR count). The van der Waals surface area contributed by atoms with E-state index in [-0.39, 0.29) is 17.9 Å². The fourth-order valence-corrected chi connectivity index (χ4v) is 4.34. The Bertz CT molecular complexity index is 1090. The van der Waals surface area contributed by atoms with Gasteiger partial charge in [0.2, 0.25) is 5.78 Å². The fourth-order valence-electron chi connectivity index (χ4n) is 3.67. The van der Waals surface area contributed by atoms with E-state index in [2.05, 4.69) is 18.8 Å². The SMILES string of the molecule is CC(C)c1ccc(C2C(C(=O)c3cccs3)=C(O)C(=O)N2Cc2ccccn2)cc1. The Morgan fingerprint density at radius 2 is 1.90 bits per heavy atom. The first-order chi connectivity index (χ1) is 14.5. The topological polar surface area (TPSA) is 70.5 Å². The Morgan fingerprint density at radius 3 is 2.50 bits per heavy atom. The average molecular weight is 419 g/mol. The van der Waals surface area contributed by atoms with Gasteiger partial charge in [0.1, 0.15) is 0 Å². The highest BCUT2D eigenvalue weighted by atomic mass is 32.1. The average Bonchev–Trinajstić information content (AvgIpc) is 3.37. The van der Waals surface area contributed by atoms with Gasteiger partial charge in [0, 0.05) is 6.20 Å². The molecule has 1 atom stereocenters. The van der Waals surface area contributed by atoms with Crippen molar-refractivity contribution in [3.63, 3.8) is 0 Å². The number of ketones is 1. The van der Waals surface area contributed by atoms with Crippen molar-refractivity contribution in [1.29, 1.82) is 0 Å². The summed E-state index contributed by atoms with van der Waals surface area (Å²) in [6.07, 6.45) is 1.66. The number of hydrogen-bond acceptors (Lipinski definition) is 5. The van der Waals surface area contributed by atoms with Crippen LogP contribution in [-0.4, -0.2) is 26.7 Å². The van der Waals surface area contributed by atoms with Crippen LogP contribution in [0.2, 0.25) is 0 Å². The van der Waals surface area contributed by atoms with Crippen molar-refractivity contribution >= 4 is 23.0 Å². The maximum atomic E-state index is 13.2. The maximum Gasteiger partial charge on any atom is 0.290 e. The Kier molecular flexibility index (Phi) is 5.50. The maximum absolute atomic E-state index is 13.2. The standard InChI is InChI=1S/C24H22N2O3S/c1-15(2)16-8-10-17(11-9-16)21-20(22(27)19-7-5-13-30-19)23(28)24(29)26(21)14-18-6-3-4-12-25-18/h3-13,15,21,28H,14H2,1-2H3. The molecular formula is C24H22N2O3S.